The van der Waals surface area contributed by atoms with Gasteiger partial charge in [-0.25, -0.2) is 5.43 Å². The van der Waals surface area contributed by atoms with E-state index >= 15 is 0 Å². The Bertz CT molecular complexity index is 390. The van der Waals surface area contributed by atoms with Crippen molar-refractivity contribution in [2.75, 3.05) is 0 Å². The molecule has 0 spiro atoms. The second-order valence-electron chi connectivity index (χ2n) is 4.51. The minimum absolute atomic E-state index is 0.287. The fraction of sp³-hybridized carbons (Fsp3) is 0.538. The first-order valence-corrected chi connectivity index (χ1v) is 6.15. The summed E-state index contributed by atoms with van der Waals surface area (Å²) in [5.74, 6) is 0.538. The van der Waals surface area contributed by atoms with Crippen LogP contribution >= 0.6 is 0 Å². The molecular formula is C13H18N2O2. The standard InChI is InChI=1S/C13H18N2O2/c1-10(11-6-3-2-4-7-11)14-15-13(16)12-8-5-9-17-12/h5,8-9,11H,2-4,6-7H2,1H3,(H,15,16)/b14-10-. The molecule has 1 aliphatic carbocycles. The second kappa shape index (κ2) is 5.66. The topological polar surface area (TPSA) is 54.6 Å². The minimum atomic E-state index is -0.287. The molecule has 1 saturated carbocycles. The maximum absolute atomic E-state index is 11.6. The Balaban J connectivity index is 1.89. The molecule has 1 fully saturated rings. The Labute approximate surface area is 101 Å². The molecule has 1 heterocycles. The van der Waals surface area contributed by atoms with E-state index in [9.17, 15) is 4.79 Å². The Morgan fingerprint density at radius 2 is 2.18 bits per heavy atom. The van der Waals surface area contributed by atoms with Gasteiger partial charge in [0, 0.05) is 5.71 Å². The van der Waals surface area contributed by atoms with Crippen LogP contribution in [0.2, 0.25) is 0 Å². The van der Waals surface area contributed by atoms with E-state index in [0.717, 1.165) is 5.71 Å². The first-order chi connectivity index (χ1) is 8.27. The number of furan rings is 1. The summed E-state index contributed by atoms with van der Waals surface area (Å²) in [4.78, 5) is 11.6. The average molecular weight is 234 g/mol. The van der Waals surface area contributed by atoms with Crippen molar-refractivity contribution in [2.24, 2.45) is 11.0 Å². The third kappa shape index (κ3) is 3.19. The summed E-state index contributed by atoms with van der Waals surface area (Å²) in [7, 11) is 0. The first kappa shape index (κ1) is 11.9. The zero-order valence-electron chi connectivity index (χ0n) is 10.1. The fourth-order valence-corrected chi connectivity index (χ4v) is 2.21. The predicted octanol–water partition coefficient (Wildman–Crippen LogP) is 2.97. The maximum Gasteiger partial charge on any atom is 0.307 e. The van der Waals surface area contributed by atoms with Crippen molar-refractivity contribution in [3.63, 3.8) is 0 Å². The van der Waals surface area contributed by atoms with Crippen molar-refractivity contribution in [3.05, 3.63) is 24.2 Å². The molecule has 0 radical (unpaired) electrons. The molecule has 17 heavy (non-hydrogen) atoms. The molecule has 1 amide bonds. The Morgan fingerprint density at radius 3 is 2.82 bits per heavy atom. The summed E-state index contributed by atoms with van der Waals surface area (Å²) in [6.07, 6.45) is 7.71. The van der Waals surface area contributed by atoms with Crippen LogP contribution in [0, 0.1) is 5.92 Å². The van der Waals surface area contributed by atoms with Crippen molar-refractivity contribution in [1.29, 1.82) is 0 Å². The van der Waals surface area contributed by atoms with Crippen molar-refractivity contribution in [1.82, 2.24) is 5.43 Å². The summed E-state index contributed by atoms with van der Waals surface area (Å²) in [5, 5.41) is 4.16. The second-order valence-corrected chi connectivity index (χ2v) is 4.51. The van der Waals surface area contributed by atoms with E-state index in [-0.39, 0.29) is 5.91 Å². The summed E-state index contributed by atoms with van der Waals surface area (Å²) >= 11 is 0. The van der Waals surface area contributed by atoms with E-state index in [4.69, 9.17) is 4.42 Å². The number of hydrazone groups is 1. The zero-order chi connectivity index (χ0) is 12.1. The molecular weight excluding hydrogens is 216 g/mol. The summed E-state index contributed by atoms with van der Waals surface area (Å²) in [6.45, 7) is 1.98. The highest BCUT2D eigenvalue weighted by Crippen LogP contribution is 2.24. The molecule has 0 aromatic carbocycles. The third-order valence-corrected chi connectivity index (χ3v) is 3.27. The monoisotopic (exact) mass is 234 g/mol. The molecule has 4 nitrogen and oxygen atoms in total. The molecule has 0 atom stereocenters. The van der Waals surface area contributed by atoms with E-state index in [1.54, 1.807) is 12.1 Å². The number of rotatable bonds is 3. The van der Waals surface area contributed by atoms with Crippen LogP contribution < -0.4 is 5.43 Å². The van der Waals surface area contributed by atoms with Crippen molar-refractivity contribution >= 4 is 11.6 Å². The summed E-state index contributed by atoms with van der Waals surface area (Å²) in [6, 6.07) is 3.31. The summed E-state index contributed by atoms with van der Waals surface area (Å²) in [5.41, 5.74) is 3.56. The van der Waals surface area contributed by atoms with Crippen LogP contribution in [0.1, 0.15) is 49.6 Å². The number of nitrogens with zero attached hydrogens (tertiary/aromatic N) is 1. The molecule has 0 aliphatic heterocycles. The minimum Gasteiger partial charge on any atom is -0.459 e. The highest BCUT2D eigenvalue weighted by atomic mass is 16.3. The number of carbonyl (C=O) groups excluding carboxylic acids is 1. The number of carbonyl (C=O) groups is 1. The van der Waals surface area contributed by atoms with Gasteiger partial charge < -0.3 is 4.42 Å². The van der Waals surface area contributed by atoms with Gasteiger partial charge in [0.1, 0.15) is 0 Å². The predicted molar refractivity (Wildman–Crippen MR) is 65.9 cm³/mol. The molecule has 4 heteroatoms. The lowest BCUT2D eigenvalue weighted by atomic mass is 9.86. The molecule has 1 aromatic rings. The van der Waals surface area contributed by atoms with Crippen molar-refractivity contribution in [2.45, 2.75) is 39.0 Å². The molecule has 1 aromatic heterocycles. The van der Waals surface area contributed by atoms with E-state index in [1.807, 2.05) is 6.92 Å². The van der Waals surface area contributed by atoms with Crippen LogP contribution in [-0.4, -0.2) is 11.6 Å². The van der Waals surface area contributed by atoms with Gasteiger partial charge in [0.05, 0.1) is 6.26 Å². The lowest BCUT2D eigenvalue weighted by molar-refractivity contribution is 0.0927. The van der Waals surface area contributed by atoms with E-state index in [1.165, 1.54) is 38.4 Å². The fourth-order valence-electron chi connectivity index (χ4n) is 2.21. The largest absolute Gasteiger partial charge is 0.459 e. The van der Waals surface area contributed by atoms with Crippen molar-refractivity contribution < 1.29 is 9.21 Å². The Hall–Kier alpha value is -1.58. The molecule has 0 bridgehead atoms. The molecule has 1 aliphatic rings. The smallest absolute Gasteiger partial charge is 0.307 e. The first-order valence-electron chi connectivity index (χ1n) is 6.15. The van der Waals surface area contributed by atoms with Crippen LogP contribution in [-0.2, 0) is 0 Å². The van der Waals surface area contributed by atoms with Gasteiger partial charge in [-0.3, -0.25) is 4.79 Å². The third-order valence-electron chi connectivity index (χ3n) is 3.27. The number of hydrogen-bond donors (Lipinski definition) is 1. The van der Waals surface area contributed by atoms with E-state index in [2.05, 4.69) is 10.5 Å². The molecule has 2 rings (SSSR count). The highest BCUT2D eigenvalue weighted by molar-refractivity contribution is 5.93. The molecule has 0 unspecified atom stereocenters. The maximum atomic E-state index is 11.6. The quantitative estimate of drug-likeness (QED) is 0.645. The lowest BCUT2D eigenvalue weighted by Gasteiger charge is -2.20. The number of amides is 1. The average Bonchev–Trinajstić information content (AvgIpc) is 2.90. The van der Waals surface area contributed by atoms with Crippen LogP contribution in [0.15, 0.2) is 27.9 Å². The van der Waals surface area contributed by atoms with Crippen LogP contribution in [0.4, 0.5) is 0 Å². The molecule has 92 valence electrons. The van der Waals surface area contributed by atoms with Gasteiger partial charge >= 0.3 is 5.91 Å². The van der Waals surface area contributed by atoms with Gasteiger partial charge in [-0.1, -0.05) is 19.3 Å². The number of hydrogen-bond acceptors (Lipinski definition) is 3. The van der Waals surface area contributed by atoms with Crippen LogP contribution in [0.5, 0.6) is 0 Å². The van der Waals surface area contributed by atoms with E-state index < -0.39 is 0 Å². The highest BCUT2D eigenvalue weighted by Gasteiger charge is 2.16. The van der Waals surface area contributed by atoms with Crippen molar-refractivity contribution in [3.8, 4) is 0 Å². The molecule has 0 saturated heterocycles. The number of nitrogens with one attached hydrogen (secondary N) is 1. The Morgan fingerprint density at radius 1 is 1.41 bits per heavy atom. The SMILES string of the molecule is C/C(=N/NC(=O)c1ccco1)C1CCCCC1. The van der Waals surface area contributed by atoms with Gasteiger partial charge in [0.2, 0.25) is 0 Å². The van der Waals surface area contributed by atoms with Gasteiger partial charge in [0.25, 0.3) is 0 Å². The normalized spacial score (nSPS) is 18.1. The van der Waals surface area contributed by atoms with Crippen LogP contribution in [0.3, 0.4) is 0 Å². The van der Waals surface area contributed by atoms with Gasteiger partial charge in [0.15, 0.2) is 5.76 Å². The van der Waals surface area contributed by atoms with Crippen LogP contribution in [0.25, 0.3) is 0 Å². The Kier molecular flexibility index (Phi) is 3.96. The molecule has 1 N–H and O–H groups in total. The van der Waals surface area contributed by atoms with E-state index in [0.29, 0.717) is 11.7 Å². The van der Waals surface area contributed by atoms with Gasteiger partial charge in [-0.2, -0.15) is 5.10 Å². The summed E-state index contributed by atoms with van der Waals surface area (Å²) < 4.78 is 4.99. The van der Waals surface area contributed by atoms with Gasteiger partial charge in [-0.05, 0) is 37.8 Å². The zero-order valence-corrected chi connectivity index (χ0v) is 10.1. The lowest BCUT2D eigenvalue weighted by Crippen LogP contribution is -2.22. The van der Waals surface area contributed by atoms with Gasteiger partial charge in [-0.15, -0.1) is 0 Å².